The molecule has 3 rings (SSSR count). The van der Waals surface area contributed by atoms with Crippen LogP contribution in [0.4, 0.5) is 0 Å². The summed E-state index contributed by atoms with van der Waals surface area (Å²) < 4.78 is 0. The number of nitrogens with zero attached hydrogens (tertiary/aromatic N) is 3. The van der Waals surface area contributed by atoms with E-state index in [4.69, 9.17) is 0 Å². The third kappa shape index (κ3) is 4.17. The van der Waals surface area contributed by atoms with Crippen molar-refractivity contribution in [3.8, 4) is 11.5 Å². The highest BCUT2D eigenvalue weighted by Crippen LogP contribution is 2.37. The highest BCUT2D eigenvalue weighted by molar-refractivity contribution is 6.08. The fourth-order valence-electron chi connectivity index (χ4n) is 3.44. The Kier molecular flexibility index (Phi) is 6.31. The van der Waals surface area contributed by atoms with E-state index in [1.54, 1.807) is 13.0 Å². The fraction of sp³-hybridized carbons (Fsp3) is 0.364. The average molecular weight is 381 g/mol. The second kappa shape index (κ2) is 8.89. The van der Waals surface area contributed by atoms with Gasteiger partial charge in [-0.1, -0.05) is 56.5 Å². The quantitative estimate of drug-likeness (QED) is 0.602. The molecule has 148 valence electrons. The van der Waals surface area contributed by atoms with Gasteiger partial charge in [-0.15, -0.1) is 5.10 Å². The van der Waals surface area contributed by atoms with Gasteiger partial charge in [0.2, 0.25) is 0 Å². The smallest absolute Gasteiger partial charge is 0.149 e. The van der Waals surface area contributed by atoms with Crippen molar-refractivity contribution >= 4 is 11.5 Å². The zero-order chi connectivity index (χ0) is 20.1. The van der Waals surface area contributed by atoms with Crippen molar-refractivity contribution in [1.29, 1.82) is 0 Å². The van der Waals surface area contributed by atoms with Crippen LogP contribution in [0.2, 0.25) is 0 Å². The molecule has 6 heteroatoms. The number of hydrogen-bond donors (Lipinski definition) is 3. The molecule has 1 atom stereocenters. The fourth-order valence-corrected chi connectivity index (χ4v) is 3.44. The lowest BCUT2D eigenvalue weighted by Crippen LogP contribution is -2.38. The van der Waals surface area contributed by atoms with Crippen LogP contribution in [0, 0.1) is 0 Å². The van der Waals surface area contributed by atoms with Gasteiger partial charge in [-0.05, 0) is 31.4 Å². The Morgan fingerprint density at radius 2 is 1.71 bits per heavy atom. The highest BCUT2D eigenvalue weighted by atomic mass is 16.5. The van der Waals surface area contributed by atoms with Crippen LogP contribution in [-0.2, 0) is 6.42 Å². The van der Waals surface area contributed by atoms with Gasteiger partial charge in [0.15, 0.2) is 0 Å². The average Bonchev–Trinajstić information content (AvgIpc) is 2.70. The Hall–Kier alpha value is -2.86. The molecule has 0 bridgehead atoms. The van der Waals surface area contributed by atoms with Crippen molar-refractivity contribution in [2.45, 2.75) is 52.0 Å². The molecule has 1 heterocycles. The Morgan fingerprint density at radius 3 is 2.43 bits per heavy atom. The zero-order valence-corrected chi connectivity index (χ0v) is 16.3. The first-order valence-corrected chi connectivity index (χ1v) is 9.73. The van der Waals surface area contributed by atoms with Gasteiger partial charge in [0, 0.05) is 17.2 Å². The molecule has 3 N–H and O–H groups in total. The summed E-state index contributed by atoms with van der Waals surface area (Å²) in [5.41, 5.74) is 2.58. The SMILES string of the molecule is CCCCCCc1cc(C2C(c3ccccc3)=NN=C(C)N2O)c(O)cc1O. The van der Waals surface area contributed by atoms with Gasteiger partial charge in [-0.2, -0.15) is 5.10 Å². The minimum atomic E-state index is -0.713. The van der Waals surface area contributed by atoms with E-state index in [1.807, 2.05) is 30.3 Å². The van der Waals surface area contributed by atoms with Gasteiger partial charge in [0.1, 0.15) is 29.1 Å². The van der Waals surface area contributed by atoms with Crippen LogP contribution in [-0.4, -0.2) is 32.0 Å². The van der Waals surface area contributed by atoms with E-state index >= 15 is 0 Å². The third-order valence-electron chi connectivity index (χ3n) is 5.03. The van der Waals surface area contributed by atoms with Crippen LogP contribution in [0.25, 0.3) is 0 Å². The molecule has 0 radical (unpaired) electrons. The van der Waals surface area contributed by atoms with Crippen LogP contribution in [0.1, 0.15) is 62.3 Å². The summed E-state index contributed by atoms with van der Waals surface area (Å²) in [6.07, 6.45) is 5.05. The molecule has 0 aliphatic carbocycles. The second-order valence-electron chi connectivity index (χ2n) is 7.10. The van der Waals surface area contributed by atoms with Crippen LogP contribution >= 0.6 is 0 Å². The molecule has 0 aromatic heterocycles. The summed E-state index contributed by atoms with van der Waals surface area (Å²) in [5, 5.41) is 40.9. The van der Waals surface area contributed by atoms with E-state index in [9.17, 15) is 15.4 Å². The maximum atomic E-state index is 10.7. The van der Waals surface area contributed by atoms with Gasteiger partial charge in [-0.3, -0.25) is 5.21 Å². The molecular weight excluding hydrogens is 354 g/mol. The normalized spacial score (nSPS) is 16.7. The largest absolute Gasteiger partial charge is 0.508 e. The lowest BCUT2D eigenvalue weighted by molar-refractivity contribution is -0.0366. The second-order valence-corrected chi connectivity index (χ2v) is 7.10. The number of amidine groups is 1. The Bertz CT molecular complexity index is 878. The lowest BCUT2D eigenvalue weighted by atomic mass is 9.92. The summed E-state index contributed by atoms with van der Waals surface area (Å²) in [5.74, 6) is 0.320. The number of phenolic OH excluding ortho intramolecular Hbond substituents is 2. The zero-order valence-electron chi connectivity index (χ0n) is 16.3. The number of rotatable bonds is 7. The molecule has 0 fully saturated rings. The molecule has 0 saturated carbocycles. The van der Waals surface area contributed by atoms with Crippen molar-refractivity contribution in [1.82, 2.24) is 5.06 Å². The van der Waals surface area contributed by atoms with Crippen LogP contribution in [0.3, 0.4) is 0 Å². The summed E-state index contributed by atoms with van der Waals surface area (Å²) in [7, 11) is 0. The first-order valence-electron chi connectivity index (χ1n) is 9.73. The molecule has 0 amide bonds. The van der Waals surface area contributed by atoms with E-state index in [2.05, 4.69) is 17.1 Å². The molecule has 0 spiro atoms. The predicted octanol–water partition coefficient (Wildman–Crippen LogP) is 4.79. The molecular formula is C22H27N3O3. The third-order valence-corrected chi connectivity index (χ3v) is 5.03. The van der Waals surface area contributed by atoms with E-state index in [0.29, 0.717) is 23.5 Å². The number of benzene rings is 2. The maximum absolute atomic E-state index is 10.7. The minimum absolute atomic E-state index is 0.0710. The number of unbranched alkanes of at least 4 members (excludes halogenated alkanes) is 3. The summed E-state index contributed by atoms with van der Waals surface area (Å²) in [6, 6.07) is 11.9. The molecule has 1 aliphatic heterocycles. The van der Waals surface area contributed by atoms with Crippen molar-refractivity contribution < 1.29 is 15.4 Å². The van der Waals surface area contributed by atoms with Gasteiger partial charge in [0.25, 0.3) is 0 Å². The molecule has 28 heavy (non-hydrogen) atoms. The van der Waals surface area contributed by atoms with Crippen LogP contribution in [0.15, 0.2) is 52.7 Å². The number of phenols is 2. The van der Waals surface area contributed by atoms with E-state index < -0.39 is 6.04 Å². The molecule has 2 aromatic rings. The number of hydrogen-bond acceptors (Lipinski definition) is 6. The first-order chi connectivity index (χ1) is 13.5. The molecule has 1 unspecified atom stereocenters. The first kappa shape index (κ1) is 19.9. The maximum Gasteiger partial charge on any atom is 0.149 e. The van der Waals surface area contributed by atoms with Crippen molar-refractivity contribution in [2.24, 2.45) is 10.2 Å². The minimum Gasteiger partial charge on any atom is -0.508 e. The van der Waals surface area contributed by atoms with Gasteiger partial charge >= 0.3 is 0 Å². The summed E-state index contributed by atoms with van der Waals surface area (Å²) >= 11 is 0. The number of aryl methyl sites for hydroxylation is 1. The monoisotopic (exact) mass is 381 g/mol. The number of hydroxylamine groups is 2. The standard InChI is InChI=1S/C22H27N3O3/c1-3-4-5-7-12-17-13-18(20(27)14-19(17)26)22-21(16-10-8-6-9-11-16)24-23-15(2)25(22)28/h6,8-11,13-14,22,26-28H,3-5,7,12H2,1-2H3. The molecule has 2 aromatic carbocycles. The predicted molar refractivity (Wildman–Crippen MR) is 110 cm³/mol. The van der Waals surface area contributed by atoms with E-state index in [-0.39, 0.29) is 11.5 Å². The van der Waals surface area contributed by atoms with Crippen molar-refractivity contribution in [3.05, 3.63) is 59.2 Å². The molecule has 1 aliphatic rings. The summed E-state index contributed by atoms with van der Waals surface area (Å²) in [6.45, 7) is 3.81. The number of aromatic hydroxyl groups is 2. The highest BCUT2D eigenvalue weighted by Gasteiger charge is 2.33. The van der Waals surface area contributed by atoms with E-state index in [1.165, 1.54) is 6.07 Å². The van der Waals surface area contributed by atoms with Crippen LogP contribution in [0.5, 0.6) is 11.5 Å². The van der Waals surface area contributed by atoms with Crippen molar-refractivity contribution in [2.75, 3.05) is 0 Å². The Morgan fingerprint density at radius 1 is 0.964 bits per heavy atom. The van der Waals surface area contributed by atoms with E-state index in [0.717, 1.165) is 41.9 Å². The Labute approximate surface area is 165 Å². The van der Waals surface area contributed by atoms with Gasteiger partial charge < -0.3 is 10.2 Å². The summed E-state index contributed by atoms with van der Waals surface area (Å²) in [4.78, 5) is 0. The lowest BCUT2D eigenvalue weighted by Gasteiger charge is -2.31. The van der Waals surface area contributed by atoms with Crippen molar-refractivity contribution in [3.63, 3.8) is 0 Å². The molecule has 0 saturated heterocycles. The van der Waals surface area contributed by atoms with Crippen LogP contribution < -0.4 is 0 Å². The Balaban J connectivity index is 1.99. The van der Waals surface area contributed by atoms with Gasteiger partial charge in [-0.25, -0.2) is 5.06 Å². The molecule has 6 nitrogen and oxygen atoms in total. The topological polar surface area (TPSA) is 88.7 Å². The van der Waals surface area contributed by atoms with Gasteiger partial charge in [0.05, 0.1) is 0 Å².